The molecule has 1 amide bonds. The average Bonchev–Trinajstić information content (AvgIpc) is 2.35. The van der Waals surface area contributed by atoms with Gasteiger partial charge in [-0.15, -0.1) is 0 Å². The lowest BCUT2D eigenvalue weighted by Crippen LogP contribution is -2.43. The van der Waals surface area contributed by atoms with E-state index in [9.17, 15) is 4.79 Å². The number of rotatable bonds is 4. The molecule has 0 aromatic carbocycles. The zero-order valence-electron chi connectivity index (χ0n) is 10.1. The fourth-order valence-electron chi connectivity index (χ4n) is 1.95. The van der Waals surface area contributed by atoms with Gasteiger partial charge in [-0.1, -0.05) is 0 Å². The predicted octanol–water partition coefficient (Wildman–Crippen LogP) is 1.71. The molecule has 1 rings (SSSR count). The molecule has 0 spiro atoms. The highest BCUT2D eigenvalue weighted by Gasteiger charge is 2.26. The van der Waals surface area contributed by atoms with Crippen LogP contribution in [-0.2, 0) is 9.53 Å². The molecule has 4 nitrogen and oxygen atoms in total. The van der Waals surface area contributed by atoms with E-state index in [-0.39, 0.29) is 18.1 Å². The van der Waals surface area contributed by atoms with Gasteiger partial charge in [0.05, 0.1) is 12.2 Å². The molecule has 1 aliphatic heterocycles. The molecule has 90 valence electrons. The van der Waals surface area contributed by atoms with Crippen LogP contribution in [0.5, 0.6) is 0 Å². The molecule has 16 heavy (non-hydrogen) atoms. The van der Waals surface area contributed by atoms with Gasteiger partial charge in [0.25, 0.3) is 0 Å². The second-order valence-corrected chi connectivity index (χ2v) is 4.31. The Labute approximate surface area is 97.2 Å². The lowest BCUT2D eigenvalue weighted by molar-refractivity contribution is -0.134. The van der Waals surface area contributed by atoms with Crippen molar-refractivity contribution in [1.82, 2.24) is 4.90 Å². The Bertz CT molecular complexity index is 273. The summed E-state index contributed by atoms with van der Waals surface area (Å²) in [5.41, 5.74) is 0. The molecule has 2 unspecified atom stereocenters. The van der Waals surface area contributed by atoms with Gasteiger partial charge in [-0.05, 0) is 32.6 Å². The van der Waals surface area contributed by atoms with Crippen LogP contribution in [0.25, 0.3) is 0 Å². The molecule has 1 fully saturated rings. The maximum Gasteiger partial charge on any atom is 0.223 e. The van der Waals surface area contributed by atoms with Crippen molar-refractivity contribution < 1.29 is 9.53 Å². The standard InChI is InChI=1S/C12H20N2O2/c1-10(16-2)6-7-12(15)14-8-4-3-5-11(14)9-13/h10-11H,3-8H2,1-2H3. The molecule has 4 heteroatoms. The molecule has 0 saturated carbocycles. The van der Waals surface area contributed by atoms with Gasteiger partial charge in [-0.25, -0.2) is 0 Å². The van der Waals surface area contributed by atoms with Gasteiger partial charge >= 0.3 is 0 Å². The first-order valence-corrected chi connectivity index (χ1v) is 5.91. The van der Waals surface area contributed by atoms with E-state index in [1.54, 1.807) is 12.0 Å². The fraction of sp³-hybridized carbons (Fsp3) is 0.833. The Morgan fingerprint density at radius 1 is 1.62 bits per heavy atom. The molecular formula is C12H20N2O2. The highest BCUT2D eigenvalue weighted by atomic mass is 16.5. The second kappa shape index (κ2) is 6.49. The van der Waals surface area contributed by atoms with Crippen LogP contribution in [0.4, 0.5) is 0 Å². The van der Waals surface area contributed by atoms with Gasteiger partial charge in [-0.2, -0.15) is 5.26 Å². The van der Waals surface area contributed by atoms with Gasteiger partial charge in [0.15, 0.2) is 0 Å². The molecule has 0 bridgehead atoms. The van der Waals surface area contributed by atoms with Crippen LogP contribution in [0.3, 0.4) is 0 Å². The number of methoxy groups -OCH3 is 1. The summed E-state index contributed by atoms with van der Waals surface area (Å²) < 4.78 is 5.11. The number of carbonyl (C=O) groups is 1. The van der Waals surface area contributed by atoms with E-state index in [1.807, 2.05) is 6.92 Å². The molecule has 1 heterocycles. The maximum atomic E-state index is 11.9. The van der Waals surface area contributed by atoms with Crippen molar-refractivity contribution >= 4 is 5.91 Å². The normalized spacial score (nSPS) is 22.6. The molecule has 0 aliphatic carbocycles. The highest BCUT2D eigenvalue weighted by molar-refractivity contribution is 5.77. The van der Waals surface area contributed by atoms with E-state index in [2.05, 4.69) is 6.07 Å². The van der Waals surface area contributed by atoms with E-state index in [0.717, 1.165) is 32.2 Å². The van der Waals surface area contributed by atoms with Crippen LogP contribution in [0.15, 0.2) is 0 Å². The van der Waals surface area contributed by atoms with Crippen molar-refractivity contribution in [2.24, 2.45) is 0 Å². The first kappa shape index (κ1) is 13.0. The maximum absolute atomic E-state index is 11.9. The number of amides is 1. The van der Waals surface area contributed by atoms with Crippen LogP contribution in [0.2, 0.25) is 0 Å². The van der Waals surface area contributed by atoms with Crippen LogP contribution in [0.1, 0.15) is 39.0 Å². The number of nitriles is 1. The van der Waals surface area contributed by atoms with Crippen LogP contribution in [-0.4, -0.2) is 36.6 Å². The van der Waals surface area contributed by atoms with E-state index in [1.165, 1.54) is 0 Å². The first-order valence-electron chi connectivity index (χ1n) is 5.91. The molecular weight excluding hydrogens is 204 g/mol. The van der Waals surface area contributed by atoms with E-state index >= 15 is 0 Å². The largest absolute Gasteiger partial charge is 0.382 e. The summed E-state index contributed by atoms with van der Waals surface area (Å²) >= 11 is 0. The molecule has 1 aliphatic rings. The molecule has 0 radical (unpaired) electrons. The van der Waals surface area contributed by atoms with Crippen molar-refractivity contribution in [2.75, 3.05) is 13.7 Å². The molecule has 0 aromatic heterocycles. The molecule has 0 aromatic rings. The summed E-state index contributed by atoms with van der Waals surface area (Å²) in [6.07, 6.45) is 4.20. The SMILES string of the molecule is COC(C)CCC(=O)N1CCCCC1C#N. The molecule has 2 atom stereocenters. The number of nitrogens with zero attached hydrogens (tertiary/aromatic N) is 2. The summed E-state index contributed by atoms with van der Waals surface area (Å²) in [6, 6.07) is 2.00. The van der Waals surface area contributed by atoms with Gasteiger partial charge in [-0.3, -0.25) is 4.79 Å². The van der Waals surface area contributed by atoms with Gasteiger partial charge in [0.2, 0.25) is 5.91 Å². The number of likely N-dealkylation sites (tertiary alicyclic amines) is 1. The minimum Gasteiger partial charge on any atom is -0.382 e. The quantitative estimate of drug-likeness (QED) is 0.730. The lowest BCUT2D eigenvalue weighted by Gasteiger charge is -2.31. The Balaban J connectivity index is 2.42. The minimum atomic E-state index is -0.209. The number of hydrogen-bond acceptors (Lipinski definition) is 3. The summed E-state index contributed by atoms with van der Waals surface area (Å²) in [7, 11) is 1.65. The second-order valence-electron chi connectivity index (χ2n) is 4.31. The molecule has 1 saturated heterocycles. The van der Waals surface area contributed by atoms with Crippen LogP contribution >= 0.6 is 0 Å². The monoisotopic (exact) mass is 224 g/mol. The lowest BCUT2D eigenvalue weighted by atomic mass is 10.0. The van der Waals surface area contributed by atoms with E-state index in [4.69, 9.17) is 10.00 Å². The van der Waals surface area contributed by atoms with Crippen molar-refractivity contribution in [1.29, 1.82) is 5.26 Å². The fourth-order valence-corrected chi connectivity index (χ4v) is 1.95. The van der Waals surface area contributed by atoms with Gasteiger partial charge < -0.3 is 9.64 Å². The Kier molecular flexibility index (Phi) is 5.27. The minimum absolute atomic E-state index is 0.0927. The van der Waals surface area contributed by atoms with Crippen molar-refractivity contribution in [3.05, 3.63) is 0 Å². The number of ether oxygens (including phenoxy) is 1. The molecule has 0 N–H and O–H groups in total. The van der Waals surface area contributed by atoms with Gasteiger partial charge in [0, 0.05) is 20.1 Å². The first-order chi connectivity index (χ1) is 7.69. The topological polar surface area (TPSA) is 53.3 Å². The van der Waals surface area contributed by atoms with E-state index < -0.39 is 0 Å². The smallest absolute Gasteiger partial charge is 0.223 e. The third kappa shape index (κ3) is 3.49. The number of carbonyl (C=O) groups excluding carboxylic acids is 1. The zero-order chi connectivity index (χ0) is 12.0. The summed E-state index contributed by atoms with van der Waals surface area (Å²) in [5.74, 6) is 0.0927. The Morgan fingerprint density at radius 2 is 2.38 bits per heavy atom. The van der Waals surface area contributed by atoms with Crippen LogP contribution < -0.4 is 0 Å². The Hall–Kier alpha value is -1.08. The summed E-state index contributed by atoms with van der Waals surface area (Å²) in [6.45, 7) is 2.68. The number of hydrogen-bond donors (Lipinski definition) is 0. The Morgan fingerprint density at radius 3 is 3.00 bits per heavy atom. The van der Waals surface area contributed by atoms with Crippen molar-refractivity contribution in [3.63, 3.8) is 0 Å². The summed E-state index contributed by atoms with van der Waals surface area (Å²) in [5, 5.41) is 8.97. The predicted molar refractivity (Wildman–Crippen MR) is 60.7 cm³/mol. The van der Waals surface area contributed by atoms with Crippen LogP contribution in [0, 0.1) is 11.3 Å². The van der Waals surface area contributed by atoms with E-state index in [0.29, 0.717) is 6.42 Å². The third-order valence-corrected chi connectivity index (χ3v) is 3.14. The van der Waals surface area contributed by atoms with Crippen molar-refractivity contribution in [3.8, 4) is 6.07 Å². The summed E-state index contributed by atoms with van der Waals surface area (Å²) in [4.78, 5) is 13.6. The third-order valence-electron chi connectivity index (χ3n) is 3.14. The van der Waals surface area contributed by atoms with Gasteiger partial charge in [0.1, 0.15) is 6.04 Å². The zero-order valence-corrected chi connectivity index (χ0v) is 10.1. The number of piperidine rings is 1. The average molecular weight is 224 g/mol. The highest BCUT2D eigenvalue weighted by Crippen LogP contribution is 2.18. The van der Waals surface area contributed by atoms with Crippen molar-refractivity contribution in [2.45, 2.75) is 51.2 Å².